The zero-order chi connectivity index (χ0) is 24.1. The van der Waals surface area contributed by atoms with Gasteiger partial charge in [0.1, 0.15) is 6.54 Å². The number of hydrogen-bond acceptors (Lipinski definition) is 4. The van der Waals surface area contributed by atoms with Crippen molar-refractivity contribution in [2.24, 2.45) is 0 Å². The largest absolute Gasteiger partial charge is 0.550 e. The minimum absolute atomic E-state index is 0.270. The van der Waals surface area contributed by atoms with Crippen LogP contribution >= 0.6 is 0 Å². The Bertz CT molecular complexity index is 651. The fraction of sp³-hybridized carbons (Fsp3) is 0.556. The molecule has 0 N–H and O–H groups in total. The Morgan fingerprint density at radius 1 is 0.844 bits per heavy atom. The summed E-state index contributed by atoms with van der Waals surface area (Å²) in [5.41, 5.74) is 0. The standard InChI is InChI=1S/C27H43NO4/c1-5-6-7-8-9-10-11-12-13-14-15-16-17-18-19-20-21-22-27(31)32-25(23-26(29)30)24-28(2,3)4/h9-16,18-19,25H,5-8,17,20-24H2,1-4H3/b10-9+,12-11+,14-13+,16-15+,19-18+. The second kappa shape index (κ2) is 19.3. The molecule has 0 aliphatic carbocycles. The molecule has 0 saturated heterocycles. The molecule has 0 aliphatic rings. The highest BCUT2D eigenvalue weighted by atomic mass is 16.5. The summed E-state index contributed by atoms with van der Waals surface area (Å²) in [7, 11) is 5.78. The van der Waals surface area contributed by atoms with Crippen molar-refractivity contribution >= 4 is 11.9 Å². The topological polar surface area (TPSA) is 66.4 Å². The molecule has 5 nitrogen and oxygen atoms in total. The number of hydrogen-bond donors (Lipinski definition) is 0. The van der Waals surface area contributed by atoms with Gasteiger partial charge in [-0.1, -0.05) is 80.5 Å². The number of carboxylic acid groups (broad SMARTS) is 1. The van der Waals surface area contributed by atoms with Gasteiger partial charge in [-0.25, -0.2) is 0 Å². The highest BCUT2D eigenvalue weighted by Crippen LogP contribution is 2.08. The van der Waals surface area contributed by atoms with Gasteiger partial charge >= 0.3 is 5.97 Å². The minimum Gasteiger partial charge on any atom is -0.550 e. The summed E-state index contributed by atoms with van der Waals surface area (Å²) < 4.78 is 5.86. The smallest absolute Gasteiger partial charge is 0.306 e. The molecule has 0 spiro atoms. The predicted octanol–water partition coefficient (Wildman–Crippen LogP) is 4.67. The number of quaternary nitrogens is 1. The Labute approximate surface area is 195 Å². The lowest BCUT2D eigenvalue weighted by atomic mass is 10.2. The number of unbranched alkanes of at least 4 members (excludes halogenated alkanes) is 4. The van der Waals surface area contributed by atoms with Gasteiger partial charge in [-0.05, 0) is 32.1 Å². The number of allylic oxidation sites excluding steroid dienone is 10. The first-order valence-electron chi connectivity index (χ1n) is 11.7. The quantitative estimate of drug-likeness (QED) is 0.101. The zero-order valence-electron chi connectivity index (χ0n) is 20.5. The first-order valence-corrected chi connectivity index (χ1v) is 11.7. The number of ether oxygens (including phenoxy) is 1. The van der Waals surface area contributed by atoms with Crippen LogP contribution in [0.4, 0.5) is 0 Å². The number of carbonyl (C=O) groups is 2. The molecular weight excluding hydrogens is 402 g/mol. The van der Waals surface area contributed by atoms with Gasteiger partial charge in [-0.2, -0.15) is 0 Å². The van der Waals surface area contributed by atoms with E-state index < -0.39 is 12.1 Å². The summed E-state index contributed by atoms with van der Waals surface area (Å²) in [4.78, 5) is 22.9. The number of aliphatic carboxylic acids is 1. The molecule has 0 radical (unpaired) electrons. The molecule has 5 heteroatoms. The summed E-state index contributed by atoms with van der Waals surface area (Å²) in [6.07, 6.45) is 27.2. The normalized spacial score (nSPS) is 13.9. The molecular formula is C27H43NO4. The van der Waals surface area contributed by atoms with Gasteiger partial charge in [0.2, 0.25) is 0 Å². The van der Waals surface area contributed by atoms with Crippen molar-refractivity contribution in [2.45, 2.75) is 70.8 Å². The van der Waals surface area contributed by atoms with Crippen molar-refractivity contribution in [3.63, 3.8) is 0 Å². The van der Waals surface area contributed by atoms with Crippen LogP contribution in [0.1, 0.15) is 64.7 Å². The highest BCUT2D eigenvalue weighted by molar-refractivity contribution is 5.70. The van der Waals surface area contributed by atoms with Crippen LogP contribution in [0.25, 0.3) is 0 Å². The average Bonchev–Trinajstić information content (AvgIpc) is 2.68. The van der Waals surface area contributed by atoms with E-state index in [9.17, 15) is 14.7 Å². The Hall–Kier alpha value is -2.40. The fourth-order valence-corrected chi connectivity index (χ4v) is 2.94. The van der Waals surface area contributed by atoms with Crippen LogP contribution in [0, 0.1) is 0 Å². The van der Waals surface area contributed by atoms with Crippen LogP contribution in [0.3, 0.4) is 0 Å². The SMILES string of the molecule is CCCCC/C=C/C=C/C=C/C=C/C/C=C/CCCC(=O)OC(CC(=O)[O-])C[N+](C)(C)C. The summed E-state index contributed by atoms with van der Waals surface area (Å²) in [6, 6.07) is 0. The van der Waals surface area contributed by atoms with Crippen LogP contribution in [-0.2, 0) is 14.3 Å². The maximum absolute atomic E-state index is 12.0. The third kappa shape index (κ3) is 22.3. The predicted molar refractivity (Wildman–Crippen MR) is 131 cm³/mol. The van der Waals surface area contributed by atoms with Gasteiger partial charge in [0.25, 0.3) is 0 Å². The van der Waals surface area contributed by atoms with Crippen LogP contribution in [0.2, 0.25) is 0 Å². The molecule has 1 unspecified atom stereocenters. The number of likely N-dealkylation sites (N-methyl/N-ethyl adjacent to an activating group) is 1. The summed E-state index contributed by atoms with van der Waals surface area (Å²) in [5, 5.41) is 10.9. The fourth-order valence-electron chi connectivity index (χ4n) is 2.94. The van der Waals surface area contributed by atoms with Crippen molar-refractivity contribution < 1.29 is 23.9 Å². The second-order valence-electron chi connectivity index (χ2n) is 8.88. The molecule has 0 aromatic heterocycles. The van der Waals surface area contributed by atoms with E-state index in [1.54, 1.807) is 0 Å². The highest BCUT2D eigenvalue weighted by Gasteiger charge is 2.22. The maximum Gasteiger partial charge on any atom is 0.306 e. The van der Waals surface area contributed by atoms with Crippen LogP contribution in [0.5, 0.6) is 0 Å². The first-order chi connectivity index (χ1) is 15.2. The monoisotopic (exact) mass is 445 g/mol. The van der Waals surface area contributed by atoms with Gasteiger partial charge < -0.3 is 19.1 Å². The molecule has 0 rings (SSSR count). The number of rotatable bonds is 18. The molecule has 32 heavy (non-hydrogen) atoms. The molecule has 0 bridgehead atoms. The lowest BCUT2D eigenvalue weighted by Gasteiger charge is -2.29. The van der Waals surface area contributed by atoms with Gasteiger partial charge in [0, 0.05) is 18.8 Å². The van der Waals surface area contributed by atoms with E-state index in [0.29, 0.717) is 17.4 Å². The van der Waals surface area contributed by atoms with E-state index in [4.69, 9.17) is 4.74 Å². The maximum atomic E-state index is 12.0. The molecule has 0 aromatic carbocycles. The third-order valence-corrected chi connectivity index (χ3v) is 4.44. The number of esters is 1. The minimum atomic E-state index is -1.20. The number of carboxylic acids is 1. The summed E-state index contributed by atoms with van der Waals surface area (Å²) in [5.74, 6) is -1.56. The van der Waals surface area contributed by atoms with Crippen molar-refractivity contribution in [3.05, 3.63) is 60.8 Å². The molecule has 0 heterocycles. The lowest BCUT2D eigenvalue weighted by Crippen LogP contribution is -2.45. The molecule has 180 valence electrons. The Balaban J connectivity index is 3.95. The molecule has 0 fully saturated rings. The summed E-state index contributed by atoms with van der Waals surface area (Å²) >= 11 is 0. The van der Waals surface area contributed by atoms with E-state index in [1.165, 1.54) is 19.3 Å². The van der Waals surface area contributed by atoms with E-state index in [-0.39, 0.29) is 18.8 Å². The van der Waals surface area contributed by atoms with Crippen molar-refractivity contribution in [3.8, 4) is 0 Å². The Kier molecular flexibility index (Phi) is 17.9. The molecule has 0 amide bonds. The first kappa shape index (κ1) is 29.6. The van der Waals surface area contributed by atoms with Crippen molar-refractivity contribution in [1.29, 1.82) is 0 Å². The number of nitrogens with zero attached hydrogens (tertiary/aromatic N) is 1. The Morgan fingerprint density at radius 3 is 2.09 bits per heavy atom. The summed E-state index contributed by atoms with van der Waals surface area (Å²) in [6.45, 7) is 2.65. The lowest BCUT2D eigenvalue weighted by molar-refractivity contribution is -0.873. The average molecular weight is 446 g/mol. The van der Waals surface area contributed by atoms with Gasteiger partial charge in [-0.3, -0.25) is 4.79 Å². The van der Waals surface area contributed by atoms with Crippen LogP contribution < -0.4 is 5.11 Å². The van der Waals surface area contributed by atoms with Crippen LogP contribution in [-0.4, -0.2) is 50.2 Å². The van der Waals surface area contributed by atoms with E-state index in [0.717, 1.165) is 19.3 Å². The number of carbonyl (C=O) groups excluding carboxylic acids is 2. The van der Waals surface area contributed by atoms with E-state index >= 15 is 0 Å². The van der Waals surface area contributed by atoms with Gasteiger partial charge in [0.05, 0.1) is 21.1 Å². The third-order valence-electron chi connectivity index (χ3n) is 4.44. The molecule has 0 aliphatic heterocycles. The molecule has 0 saturated carbocycles. The zero-order valence-corrected chi connectivity index (χ0v) is 20.5. The van der Waals surface area contributed by atoms with Crippen molar-refractivity contribution in [2.75, 3.05) is 27.7 Å². The molecule has 1 atom stereocenters. The Morgan fingerprint density at radius 2 is 1.47 bits per heavy atom. The van der Waals surface area contributed by atoms with E-state index in [1.807, 2.05) is 51.5 Å². The molecule has 0 aromatic rings. The van der Waals surface area contributed by atoms with Gasteiger partial charge in [0.15, 0.2) is 6.10 Å². The van der Waals surface area contributed by atoms with Crippen molar-refractivity contribution in [1.82, 2.24) is 0 Å². The van der Waals surface area contributed by atoms with Gasteiger partial charge in [-0.15, -0.1) is 0 Å². The van der Waals surface area contributed by atoms with Crippen LogP contribution in [0.15, 0.2) is 60.8 Å². The second-order valence-corrected chi connectivity index (χ2v) is 8.88. The van der Waals surface area contributed by atoms with E-state index in [2.05, 4.69) is 37.3 Å².